The van der Waals surface area contributed by atoms with Gasteiger partial charge in [0.2, 0.25) is 0 Å². The lowest BCUT2D eigenvalue weighted by Gasteiger charge is -2.15. The lowest BCUT2D eigenvalue weighted by atomic mass is 10.1. The van der Waals surface area contributed by atoms with Gasteiger partial charge in [-0.3, -0.25) is 0 Å². The van der Waals surface area contributed by atoms with Gasteiger partial charge in [0.1, 0.15) is 23.9 Å². The molecule has 2 heterocycles. The topological polar surface area (TPSA) is 62.6 Å². The maximum absolute atomic E-state index is 12.2. The third-order valence-electron chi connectivity index (χ3n) is 5.32. The van der Waals surface area contributed by atoms with Gasteiger partial charge < -0.3 is 18.8 Å². The largest absolute Gasteiger partial charge is 0.497 e. The van der Waals surface area contributed by atoms with Crippen LogP contribution in [0.3, 0.4) is 0 Å². The van der Waals surface area contributed by atoms with Crippen LogP contribution in [0.15, 0.2) is 79.1 Å². The summed E-state index contributed by atoms with van der Waals surface area (Å²) < 4.78 is 18.4. The highest BCUT2D eigenvalue weighted by atomic mass is 35.5. The minimum Gasteiger partial charge on any atom is -0.497 e. The SMILES string of the molecule is CCOC(=O)c1ccnc(-n2cccc2Cc2c(Cl)cccc2OCc2ccc(OC)cc2)c1. The Morgan fingerprint density at radius 1 is 1.06 bits per heavy atom. The molecule has 0 bridgehead atoms. The quantitative estimate of drug-likeness (QED) is 0.282. The van der Waals surface area contributed by atoms with Crippen LogP contribution in [0.4, 0.5) is 0 Å². The second-order valence-electron chi connectivity index (χ2n) is 7.52. The molecule has 0 aliphatic rings. The molecular weight excluding hydrogens is 452 g/mol. The summed E-state index contributed by atoms with van der Waals surface area (Å²) in [5.74, 6) is 1.76. The van der Waals surface area contributed by atoms with Gasteiger partial charge in [0.25, 0.3) is 0 Å². The summed E-state index contributed by atoms with van der Waals surface area (Å²) in [4.78, 5) is 16.6. The Balaban J connectivity index is 1.57. The standard InChI is InChI=1S/C27H25ClN2O4/c1-3-33-27(31)20-13-14-29-26(16-20)30-15-5-6-21(30)17-23-24(28)7-4-8-25(23)34-18-19-9-11-22(32-2)12-10-19/h4-16H,3,17-18H2,1-2H3. The van der Waals surface area contributed by atoms with E-state index in [-0.39, 0.29) is 5.97 Å². The number of ether oxygens (including phenoxy) is 3. The first-order valence-corrected chi connectivity index (χ1v) is 11.3. The molecule has 0 aliphatic carbocycles. The number of benzene rings is 2. The van der Waals surface area contributed by atoms with Crippen LogP contribution in [0.5, 0.6) is 11.5 Å². The molecule has 6 nitrogen and oxygen atoms in total. The van der Waals surface area contributed by atoms with Crippen LogP contribution < -0.4 is 9.47 Å². The molecule has 4 rings (SSSR count). The molecule has 34 heavy (non-hydrogen) atoms. The number of halogens is 1. The maximum Gasteiger partial charge on any atom is 0.338 e. The highest BCUT2D eigenvalue weighted by Gasteiger charge is 2.15. The van der Waals surface area contributed by atoms with Crippen molar-refractivity contribution in [2.75, 3.05) is 13.7 Å². The number of esters is 1. The Hall–Kier alpha value is -3.77. The average molecular weight is 477 g/mol. The van der Waals surface area contributed by atoms with Crippen LogP contribution in [0.2, 0.25) is 5.02 Å². The van der Waals surface area contributed by atoms with E-state index in [1.165, 1.54) is 0 Å². The molecule has 0 atom stereocenters. The van der Waals surface area contributed by atoms with Crippen molar-refractivity contribution in [3.8, 4) is 17.3 Å². The normalized spacial score (nSPS) is 10.7. The number of aromatic nitrogens is 2. The molecule has 2 aromatic carbocycles. The number of carbonyl (C=O) groups is 1. The summed E-state index contributed by atoms with van der Waals surface area (Å²) >= 11 is 6.58. The van der Waals surface area contributed by atoms with Gasteiger partial charge in [-0.05, 0) is 61.0 Å². The minimum atomic E-state index is -0.375. The van der Waals surface area contributed by atoms with Crippen LogP contribution in [0.25, 0.3) is 5.82 Å². The van der Waals surface area contributed by atoms with Crippen molar-refractivity contribution < 1.29 is 19.0 Å². The van der Waals surface area contributed by atoms with Gasteiger partial charge in [0.15, 0.2) is 0 Å². The first kappa shape index (κ1) is 23.4. The fourth-order valence-electron chi connectivity index (χ4n) is 3.58. The summed E-state index contributed by atoms with van der Waals surface area (Å²) in [5, 5.41) is 0.619. The van der Waals surface area contributed by atoms with Gasteiger partial charge in [-0.25, -0.2) is 9.78 Å². The third-order valence-corrected chi connectivity index (χ3v) is 5.68. The molecule has 0 amide bonds. The van der Waals surface area contributed by atoms with Gasteiger partial charge >= 0.3 is 5.97 Å². The fourth-order valence-corrected chi connectivity index (χ4v) is 3.82. The summed E-state index contributed by atoms with van der Waals surface area (Å²) in [6.45, 7) is 2.50. The van der Waals surface area contributed by atoms with Crippen molar-refractivity contribution in [2.24, 2.45) is 0 Å². The highest BCUT2D eigenvalue weighted by Crippen LogP contribution is 2.30. The Bertz CT molecular complexity index is 1270. The molecule has 0 radical (unpaired) electrons. The molecule has 174 valence electrons. The number of rotatable bonds is 9. The molecule has 0 saturated heterocycles. The van der Waals surface area contributed by atoms with E-state index in [4.69, 9.17) is 25.8 Å². The molecule has 0 spiro atoms. The minimum absolute atomic E-state index is 0.317. The monoisotopic (exact) mass is 476 g/mol. The highest BCUT2D eigenvalue weighted by molar-refractivity contribution is 6.31. The van der Waals surface area contributed by atoms with Crippen molar-refractivity contribution >= 4 is 17.6 Å². The molecule has 2 aromatic heterocycles. The van der Waals surface area contributed by atoms with E-state index in [9.17, 15) is 4.79 Å². The Morgan fingerprint density at radius 2 is 1.88 bits per heavy atom. The van der Waals surface area contributed by atoms with Crippen molar-refractivity contribution in [2.45, 2.75) is 20.0 Å². The number of hydrogen-bond donors (Lipinski definition) is 0. The number of pyridine rings is 1. The van der Waals surface area contributed by atoms with E-state index in [1.54, 1.807) is 32.4 Å². The number of hydrogen-bond acceptors (Lipinski definition) is 5. The molecule has 7 heteroatoms. The zero-order chi connectivity index (χ0) is 23.9. The lowest BCUT2D eigenvalue weighted by Crippen LogP contribution is -2.08. The second kappa shape index (κ2) is 10.9. The van der Waals surface area contributed by atoms with Crippen LogP contribution in [0, 0.1) is 0 Å². The number of nitrogens with zero attached hydrogens (tertiary/aromatic N) is 2. The van der Waals surface area contributed by atoms with Gasteiger partial charge in [-0.15, -0.1) is 0 Å². The number of methoxy groups -OCH3 is 1. The smallest absolute Gasteiger partial charge is 0.338 e. The molecule has 4 aromatic rings. The van der Waals surface area contributed by atoms with Gasteiger partial charge in [-0.2, -0.15) is 0 Å². The Morgan fingerprint density at radius 3 is 2.65 bits per heavy atom. The molecule has 0 saturated carbocycles. The van der Waals surface area contributed by atoms with Gasteiger partial charge in [-0.1, -0.05) is 29.8 Å². The molecule has 0 unspecified atom stereocenters. The van der Waals surface area contributed by atoms with Gasteiger partial charge in [0.05, 0.1) is 19.3 Å². The zero-order valence-electron chi connectivity index (χ0n) is 19.0. The Labute approximate surface area is 203 Å². The molecule has 0 fully saturated rings. The predicted molar refractivity (Wildman–Crippen MR) is 131 cm³/mol. The first-order chi connectivity index (χ1) is 16.6. The van der Waals surface area contributed by atoms with E-state index >= 15 is 0 Å². The maximum atomic E-state index is 12.2. The van der Waals surface area contributed by atoms with Crippen molar-refractivity contribution in [3.05, 3.63) is 107 Å². The molecule has 0 aliphatic heterocycles. The molecular formula is C27H25ClN2O4. The van der Waals surface area contributed by atoms with E-state index in [0.29, 0.717) is 41.8 Å². The summed E-state index contributed by atoms with van der Waals surface area (Å²) in [6, 6.07) is 20.7. The summed E-state index contributed by atoms with van der Waals surface area (Å²) in [6.07, 6.45) is 4.03. The predicted octanol–water partition coefficient (Wildman–Crippen LogP) is 5.88. The lowest BCUT2D eigenvalue weighted by molar-refractivity contribution is 0.0526. The fraction of sp³-hybridized carbons (Fsp3) is 0.185. The third kappa shape index (κ3) is 5.41. The van der Waals surface area contributed by atoms with Crippen molar-refractivity contribution in [1.29, 1.82) is 0 Å². The van der Waals surface area contributed by atoms with Crippen LogP contribution in [-0.2, 0) is 17.8 Å². The zero-order valence-corrected chi connectivity index (χ0v) is 19.8. The number of carbonyl (C=O) groups excluding carboxylic acids is 1. The summed E-state index contributed by atoms with van der Waals surface area (Å²) in [7, 11) is 1.64. The van der Waals surface area contributed by atoms with Crippen LogP contribution >= 0.6 is 11.6 Å². The van der Waals surface area contributed by atoms with Crippen molar-refractivity contribution in [3.63, 3.8) is 0 Å². The van der Waals surface area contributed by atoms with E-state index < -0.39 is 0 Å². The van der Waals surface area contributed by atoms with Crippen LogP contribution in [0.1, 0.15) is 34.1 Å². The average Bonchev–Trinajstić information content (AvgIpc) is 3.33. The molecule has 0 N–H and O–H groups in total. The van der Waals surface area contributed by atoms with Crippen molar-refractivity contribution in [1.82, 2.24) is 9.55 Å². The van der Waals surface area contributed by atoms with E-state index in [1.807, 2.05) is 65.4 Å². The first-order valence-electron chi connectivity index (χ1n) is 10.9. The summed E-state index contributed by atoms with van der Waals surface area (Å²) in [5.41, 5.74) is 3.30. The van der Waals surface area contributed by atoms with Crippen LogP contribution in [-0.4, -0.2) is 29.2 Å². The Kier molecular flexibility index (Phi) is 7.50. The van der Waals surface area contributed by atoms with E-state index in [0.717, 1.165) is 22.6 Å². The van der Waals surface area contributed by atoms with Gasteiger partial charge in [0, 0.05) is 35.1 Å². The van der Waals surface area contributed by atoms with E-state index in [2.05, 4.69) is 4.98 Å². The second-order valence-corrected chi connectivity index (χ2v) is 7.93.